The molecule has 1 amide bonds. The molecule has 0 aromatic carbocycles. The number of aliphatic carboxylic acids is 3. The number of aliphatic hydroxyl groups is 1. The highest BCUT2D eigenvalue weighted by Crippen LogP contribution is 2.42. The highest BCUT2D eigenvalue weighted by Gasteiger charge is 2.47. The Labute approximate surface area is 237 Å². The standard InChI is InChI=1S/C19H25F3N6O.C6H8O7/c1-4-12-8-16(19(20,21)22)28-17(24-12)9-14(25-28)15-6-5-7-27(15)18(29)13-10-23-26(3)11(13)2;7-3(8)1-6(13,5(11)12)2-4(9)10/h9-10,12,15-16,24H,4-8H2,1-3H3;13H,1-2H2,(H,7,8)(H,9,10)(H,11,12)/t12-,15?,16-;/m1./s1. The monoisotopic (exact) mass is 602 g/mol. The molecule has 2 aromatic rings. The zero-order valence-corrected chi connectivity index (χ0v) is 23.1. The lowest BCUT2D eigenvalue weighted by atomic mass is 9.96. The lowest BCUT2D eigenvalue weighted by Crippen LogP contribution is -2.42. The average molecular weight is 603 g/mol. The number of halogens is 3. The van der Waals surface area contributed by atoms with Crippen molar-refractivity contribution in [3.63, 3.8) is 0 Å². The number of carbonyl (C=O) groups is 4. The molecule has 1 unspecified atom stereocenters. The van der Waals surface area contributed by atoms with Gasteiger partial charge >= 0.3 is 24.1 Å². The molecule has 0 spiro atoms. The van der Waals surface area contributed by atoms with Crippen LogP contribution in [0.5, 0.6) is 0 Å². The Kier molecular flexibility index (Phi) is 9.54. The molecule has 42 heavy (non-hydrogen) atoms. The van der Waals surface area contributed by atoms with Gasteiger partial charge in [-0.2, -0.15) is 23.4 Å². The number of hydrogen-bond acceptors (Lipinski definition) is 8. The topological polar surface area (TPSA) is 200 Å². The maximum absolute atomic E-state index is 13.6. The molecule has 4 rings (SSSR count). The van der Waals surface area contributed by atoms with Crippen LogP contribution in [0.2, 0.25) is 0 Å². The summed E-state index contributed by atoms with van der Waals surface area (Å²) in [6.45, 7) is 4.24. The van der Waals surface area contributed by atoms with Gasteiger partial charge < -0.3 is 30.6 Å². The number of hydrogen-bond donors (Lipinski definition) is 5. The van der Waals surface area contributed by atoms with E-state index < -0.39 is 48.6 Å². The summed E-state index contributed by atoms with van der Waals surface area (Å²) in [6.07, 6.45) is -3.11. The van der Waals surface area contributed by atoms with Gasteiger partial charge in [-0.05, 0) is 32.6 Å². The molecule has 2 aliphatic heterocycles. The van der Waals surface area contributed by atoms with Crippen LogP contribution in [0.4, 0.5) is 19.0 Å². The van der Waals surface area contributed by atoms with E-state index in [2.05, 4.69) is 15.5 Å². The minimum absolute atomic E-state index is 0.0453. The van der Waals surface area contributed by atoms with Crippen LogP contribution in [0.1, 0.15) is 79.3 Å². The fourth-order valence-corrected chi connectivity index (χ4v) is 4.99. The average Bonchev–Trinajstić information content (AvgIpc) is 3.60. The van der Waals surface area contributed by atoms with E-state index in [-0.39, 0.29) is 24.4 Å². The van der Waals surface area contributed by atoms with E-state index in [0.717, 1.165) is 16.8 Å². The van der Waals surface area contributed by atoms with Gasteiger partial charge in [0, 0.05) is 31.4 Å². The van der Waals surface area contributed by atoms with E-state index >= 15 is 0 Å². The van der Waals surface area contributed by atoms with Crippen molar-refractivity contribution in [1.29, 1.82) is 0 Å². The molecule has 232 valence electrons. The summed E-state index contributed by atoms with van der Waals surface area (Å²) in [4.78, 5) is 45.3. The highest BCUT2D eigenvalue weighted by atomic mass is 19.4. The summed E-state index contributed by atoms with van der Waals surface area (Å²) in [5, 5.41) is 45.4. The van der Waals surface area contributed by atoms with Gasteiger partial charge in [0.25, 0.3) is 5.91 Å². The lowest BCUT2D eigenvalue weighted by molar-refractivity contribution is -0.173. The van der Waals surface area contributed by atoms with Crippen LogP contribution >= 0.6 is 0 Å². The van der Waals surface area contributed by atoms with Crippen molar-refractivity contribution in [2.24, 2.45) is 7.05 Å². The number of aryl methyl sites for hydroxylation is 1. The van der Waals surface area contributed by atoms with Crippen LogP contribution in [0.3, 0.4) is 0 Å². The number of nitrogens with one attached hydrogen (secondary N) is 1. The number of carbonyl (C=O) groups excluding carboxylic acids is 1. The smallest absolute Gasteiger partial charge is 0.410 e. The number of carboxylic acids is 3. The van der Waals surface area contributed by atoms with E-state index in [1.807, 2.05) is 13.8 Å². The third kappa shape index (κ3) is 7.00. The van der Waals surface area contributed by atoms with E-state index in [9.17, 15) is 32.3 Å². The van der Waals surface area contributed by atoms with Gasteiger partial charge in [-0.15, -0.1) is 0 Å². The molecule has 4 heterocycles. The van der Waals surface area contributed by atoms with Crippen molar-refractivity contribution in [2.75, 3.05) is 11.9 Å². The fraction of sp³-hybridized carbons (Fsp3) is 0.600. The first-order valence-corrected chi connectivity index (χ1v) is 13.1. The predicted octanol–water partition coefficient (Wildman–Crippen LogP) is 2.35. The van der Waals surface area contributed by atoms with Gasteiger partial charge in [0.2, 0.25) is 0 Å². The molecular weight excluding hydrogens is 569 g/mol. The molecule has 0 bridgehead atoms. The van der Waals surface area contributed by atoms with Crippen LogP contribution in [0.15, 0.2) is 12.3 Å². The minimum atomic E-state index is -4.37. The fourth-order valence-electron chi connectivity index (χ4n) is 4.99. The van der Waals surface area contributed by atoms with Crippen LogP contribution in [-0.4, -0.2) is 93.1 Å². The van der Waals surface area contributed by atoms with E-state index in [4.69, 9.17) is 20.4 Å². The Hall–Kier alpha value is -4.15. The summed E-state index contributed by atoms with van der Waals surface area (Å²) in [5.74, 6) is -4.80. The van der Waals surface area contributed by atoms with E-state index in [0.29, 0.717) is 36.5 Å². The minimum Gasteiger partial charge on any atom is -0.481 e. The van der Waals surface area contributed by atoms with Crippen LogP contribution in [0, 0.1) is 6.92 Å². The van der Waals surface area contributed by atoms with Crippen molar-refractivity contribution in [1.82, 2.24) is 24.5 Å². The Morgan fingerprint density at radius 2 is 1.74 bits per heavy atom. The number of alkyl halides is 3. The van der Waals surface area contributed by atoms with Gasteiger partial charge in [-0.25, -0.2) is 9.48 Å². The zero-order valence-electron chi connectivity index (χ0n) is 23.1. The maximum atomic E-state index is 13.6. The SMILES string of the molecule is CC[C@@H]1C[C@H](C(F)(F)F)n2nc(C3CCCN3C(=O)c3cnn(C)c3C)cc2N1.O=C(O)CC(O)(CC(=O)O)C(=O)O. The molecule has 3 atom stereocenters. The van der Waals surface area contributed by atoms with Crippen LogP contribution < -0.4 is 5.32 Å². The van der Waals surface area contributed by atoms with Crippen molar-refractivity contribution >= 4 is 29.6 Å². The number of fused-ring (bicyclic) bond motifs is 1. The van der Waals surface area contributed by atoms with Gasteiger partial charge in [0.05, 0.1) is 36.3 Å². The summed E-state index contributed by atoms with van der Waals surface area (Å²) in [5.41, 5.74) is -0.960. The molecule has 2 aliphatic rings. The number of likely N-dealkylation sites (tertiary alicyclic amines) is 1. The molecule has 1 saturated heterocycles. The second kappa shape index (κ2) is 12.4. The second-order valence-corrected chi connectivity index (χ2v) is 10.3. The Bertz CT molecular complexity index is 1320. The van der Waals surface area contributed by atoms with Gasteiger partial charge in [-0.3, -0.25) is 19.1 Å². The van der Waals surface area contributed by atoms with Crippen molar-refractivity contribution < 1.29 is 52.8 Å². The third-order valence-corrected chi connectivity index (χ3v) is 7.39. The molecule has 5 N–H and O–H groups in total. The van der Waals surface area contributed by atoms with Crippen molar-refractivity contribution in [3.05, 3.63) is 29.2 Å². The van der Waals surface area contributed by atoms with Crippen molar-refractivity contribution in [3.8, 4) is 0 Å². The van der Waals surface area contributed by atoms with Gasteiger partial charge in [-0.1, -0.05) is 6.92 Å². The normalized spacial score (nSPS) is 20.3. The molecule has 2 aromatic heterocycles. The lowest BCUT2D eigenvalue weighted by Gasteiger charge is -2.32. The summed E-state index contributed by atoms with van der Waals surface area (Å²) < 4.78 is 43.6. The molecule has 1 fully saturated rings. The van der Waals surface area contributed by atoms with E-state index in [1.165, 1.54) is 0 Å². The Balaban J connectivity index is 0.000000316. The Morgan fingerprint density at radius 3 is 2.21 bits per heavy atom. The first-order chi connectivity index (χ1) is 19.5. The second-order valence-electron chi connectivity index (χ2n) is 10.3. The van der Waals surface area contributed by atoms with Crippen LogP contribution in [0.25, 0.3) is 0 Å². The number of aromatic nitrogens is 4. The number of carboxylic acid groups (broad SMARTS) is 3. The molecule has 0 radical (unpaired) electrons. The predicted molar refractivity (Wildman–Crippen MR) is 138 cm³/mol. The number of nitrogens with zero attached hydrogens (tertiary/aromatic N) is 5. The molecule has 14 nitrogen and oxygen atoms in total. The third-order valence-electron chi connectivity index (χ3n) is 7.39. The molecule has 17 heteroatoms. The quantitative estimate of drug-likeness (QED) is 0.297. The summed E-state index contributed by atoms with van der Waals surface area (Å²) in [7, 11) is 1.77. The largest absolute Gasteiger partial charge is 0.481 e. The van der Waals surface area contributed by atoms with Crippen molar-refractivity contribution in [2.45, 2.75) is 82.3 Å². The summed E-state index contributed by atoms with van der Waals surface area (Å²) >= 11 is 0. The highest BCUT2D eigenvalue weighted by molar-refractivity contribution is 5.95. The van der Waals surface area contributed by atoms with Crippen LogP contribution in [-0.2, 0) is 21.4 Å². The molecule has 0 aliphatic carbocycles. The zero-order chi connectivity index (χ0) is 31.6. The first-order valence-electron chi connectivity index (χ1n) is 13.1. The van der Waals surface area contributed by atoms with Gasteiger partial charge in [0.15, 0.2) is 11.6 Å². The Morgan fingerprint density at radius 1 is 1.12 bits per heavy atom. The maximum Gasteiger partial charge on any atom is 0.410 e. The molecule has 0 saturated carbocycles. The molecular formula is C25H33F3N6O8. The first kappa shape index (κ1) is 32.4. The summed E-state index contributed by atoms with van der Waals surface area (Å²) in [6, 6.07) is -0.565. The number of amides is 1. The van der Waals surface area contributed by atoms with E-state index in [1.54, 1.807) is 28.9 Å². The number of anilines is 1. The van der Waals surface area contributed by atoms with Gasteiger partial charge in [0.1, 0.15) is 5.82 Å². The number of rotatable bonds is 8.